The third kappa shape index (κ3) is 2.09. The van der Waals surface area contributed by atoms with Crippen molar-refractivity contribution in [2.45, 2.75) is 13.8 Å². The molecular weight excluding hydrogens is 206 g/mol. The average Bonchev–Trinajstić information content (AvgIpc) is 2.28. The Bertz CT molecular complexity index is 472. The van der Waals surface area contributed by atoms with E-state index in [-0.39, 0.29) is 17.7 Å². The first-order valence-electron chi connectivity index (χ1n) is 4.81. The molecule has 0 amide bonds. The van der Waals surface area contributed by atoms with Gasteiger partial charge in [0.2, 0.25) is 0 Å². The van der Waals surface area contributed by atoms with Gasteiger partial charge >= 0.3 is 5.97 Å². The maximum atomic E-state index is 11.6. The van der Waals surface area contributed by atoms with Gasteiger partial charge in [-0.05, 0) is 25.5 Å². The summed E-state index contributed by atoms with van der Waals surface area (Å²) in [6.45, 7) is 3.54. The summed E-state index contributed by atoms with van der Waals surface area (Å²) in [7, 11) is 0. The van der Waals surface area contributed by atoms with Gasteiger partial charge in [0.15, 0.2) is 0 Å². The van der Waals surface area contributed by atoms with E-state index < -0.39 is 5.97 Å². The van der Waals surface area contributed by atoms with Gasteiger partial charge in [-0.2, -0.15) is 5.26 Å². The van der Waals surface area contributed by atoms with Crippen LogP contribution in [0.3, 0.4) is 0 Å². The number of hydrogen-bond acceptors (Lipinski definition) is 4. The molecule has 1 aromatic rings. The first-order valence-corrected chi connectivity index (χ1v) is 4.81. The highest BCUT2D eigenvalue weighted by atomic mass is 16.5. The lowest BCUT2D eigenvalue weighted by atomic mass is 9.98. The van der Waals surface area contributed by atoms with Crippen LogP contribution in [0.1, 0.15) is 38.8 Å². The molecule has 0 fully saturated rings. The molecule has 0 radical (unpaired) electrons. The summed E-state index contributed by atoms with van der Waals surface area (Å²) in [5, 5.41) is 8.88. The van der Waals surface area contributed by atoms with E-state index in [4.69, 9.17) is 10.00 Å². The van der Waals surface area contributed by atoms with Gasteiger partial charge in [0.05, 0.1) is 17.7 Å². The number of aldehydes is 1. The second kappa shape index (κ2) is 5.08. The molecule has 0 unspecified atom stereocenters. The van der Waals surface area contributed by atoms with E-state index >= 15 is 0 Å². The predicted molar refractivity (Wildman–Crippen MR) is 57.2 cm³/mol. The Morgan fingerprint density at radius 1 is 1.56 bits per heavy atom. The molecule has 0 N–H and O–H groups in total. The molecule has 0 saturated heterocycles. The fourth-order valence-electron chi connectivity index (χ4n) is 1.41. The molecule has 82 valence electrons. The summed E-state index contributed by atoms with van der Waals surface area (Å²) < 4.78 is 4.84. The number of benzene rings is 1. The van der Waals surface area contributed by atoms with Gasteiger partial charge in [-0.1, -0.05) is 6.07 Å². The van der Waals surface area contributed by atoms with Crippen molar-refractivity contribution in [2.24, 2.45) is 0 Å². The maximum absolute atomic E-state index is 11.6. The first kappa shape index (κ1) is 11.9. The highest BCUT2D eigenvalue weighted by Gasteiger charge is 2.17. The Morgan fingerprint density at radius 3 is 2.75 bits per heavy atom. The molecular formula is C12H11NO3. The minimum Gasteiger partial charge on any atom is -0.462 e. The number of ether oxygens (including phenoxy) is 1. The number of nitriles is 1. The van der Waals surface area contributed by atoms with E-state index in [0.717, 1.165) is 0 Å². The van der Waals surface area contributed by atoms with Crippen molar-refractivity contribution in [2.75, 3.05) is 6.61 Å². The van der Waals surface area contributed by atoms with Crippen LogP contribution in [0.5, 0.6) is 0 Å². The maximum Gasteiger partial charge on any atom is 0.339 e. The normalized spacial score (nSPS) is 9.31. The smallest absolute Gasteiger partial charge is 0.339 e. The molecule has 0 aliphatic rings. The lowest BCUT2D eigenvalue weighted by Gasteiger charge is -2.08. The zero-order chi connectivity index (χ0) is 12.1. The summed E-state index contributed by atoms with van der Waals surface area (Å²) in [5.41, 5.74) is 1.27. The highest BCUT2D eigenvalue weighted by molar-refractivity contribution is 5.96. The van der Waals surface area contributed by atoms with E-state index in [1.165, 1.54) is 12.1 Å². The van der Waals surface area contributed by atoms with E-state index in [1.807, 2.05) is 6.07 Å². The second-order valence-corrected chi connectivity index (χ2v) is 3.15. The van der Waals surface area contributed by atoms with Gasteiger partial charge in [-0.25, -0.2) is 4.79 Å². The quantitative estimate of drug-likeness (QED) is 0.572. The lowest BCUT2D eigenvalue weighted by molar-refractivity contribution is 0.0525. The van der Waals surface area contributed by atoms with E-state index in [0.29, 0.717) is 17.4 Å². The highest BCUT2D eigenvalue weighted by Crippen LogP contribution is 2.18. The van der Waals surface area contributed by atoms with Gasteiger partial charge in [0.1, 0.15) is 12.4 Å². The molecule has 0 bridgehead atoms. The zero-order valence-electron chi connectivity index (χ0n) is 9.11. The summed E-state index contributed by atoms with van der Waals surface area (Å²) in [6.07, 6.45) is 0.652. The predicted octanol–water partition coefficient (Wildman–Crippen LogP) is 1.86. The number of carbonyl (C=O) groups excluding carboxylic acids is 2. The summed E-state index contributed by atoms with van der Waals surface area (Å²) >= 11 is 0. The Morgan fingerprint density at radius 2 is 2.25 bits per heavy atom. The molecule has 1 rings (SSSR count). The van der Waals surface area contributed by atoms with Crippen LogP contribution in [-0.4, -0.2) is 18.9 Å². The molecule has 0 aliphatic carbocycles. The van der Waals surface area contributed by atoms with Gasteiger partial charge in [-0.15, -0.1) is 0 Å². The molecule has 0 atom stereocenters. The third-order valence-electron chi connectivity index (χ3n) is 2.23. The van der Waals surface area contributed by atoms with Crippen molar-refractivity contribution in [1.29, 1.82) is 5.26 Å². The van der Waals surface area contributed by atoms with Crippen molar-refractivity contribution in [3.63, 3.8) is 0 Å². The average molecular weight is 217 g/mol. The lowest BCUT2D eigenvalue weighted by Crippen LogP contribution is -2.10. The Hall–Kier alpha value is -2.15. The standard InChI is InChI=1S/C12H11NO3/c1-3-16-12(15)11-8(2)10(7-14)5-4-9(11)6-13/h4-5,7H,3H2,1-2H3. The van der Waals surface area contributed by atoms with Crippen LogP contribution in [0, 0.1) is 18.3 Å². The molecule has 4 nitrogen and oxygen atoms in total. The number of nitrogens with zero attached hydrogens (tertiary/aromatic N) is 1. The molecule has 16 heavy (non-hydrogen) atoms. The molecule has 4 heteroatoms. The number of hydrogen-bond donors (Lipinski definition) is 0. The summed E-state index contributed by atoms with van der Waals surface area (Å²) in [4.78, 5) is 22.3. The Kier molecular flexibility index (Phi) is 3.78. The van der Waals surface area contributed by atoms with Crippen molar-refractivity contribution < 1.29 is 14.3 Å². The van der Waals surface area contributed by atoms with Crippen LogP contribution in [-0.2, 0) is 4.74 Å². The zero-order valence-corrected chi connectivity index (χ0v) is 9.11. The number of carbonyl (C=O) groups is 2. The Balaban J connectivity index is 3.38. The molecule has 0 aliphatic heterocycles. The van der Waals surface area contributed by atoms with Crippen LogP contribution >= 0.6 is 0 Å². The van der Waals surface area contributed by atoms with Crippen LogP contribution in [0.2, 0.25) is 0 Å². The molecule has 0 saturated carbocycles. The topological polar surface area (TPSA) is 67.2 Å². The van der Waals surface area contributed by atoms with Gasteiger partial charge < -0.3 is 4.74 Å². The van der Waals surface area contributed by atoms with E-state index in [9.17, 15) is 9.59 Å². The van der Waals surface area contributed by atoms with E-state index in [1.54, 1.807) is 13.8 Å². The minimum atomic E-state index is -0.569. The van der Waals surface area contributed by atoms with Gasteiger partial charge in [-0.3, -0.25) is 4.79 Å². The minimum absolute atomic E-state index is 0.175. The van der Waals surface area contributed by atoms with Crippen LogP contribution in [0.25, 0.3) is 0 Å². The fourth-order valence-corrected chi connectivity index (χ4v) is 1.41. The first-order chi connectivity index (χ1) is 7.65. The van der Waals surface area contributed by atoms with E-state index in [2.05, 4.69) is 0 Å². The van der Waals surface area contributed by atoms with Crippen LogP contribution < -0.4 is 0 Å². The van der Waals surface area contributed by atoms with Crippen molar-refractivity contribution in [3.05, 3.63) is 34.4 Å². The van der Waals surface area contributed by atoms with Crippen LogP contribution in [0.15, 0.2) is 12.1 Å². The van der Waals surface area contributed by atoms with Crippen molar-refractivity contribution in [3.8, 4) is 6.07 Å². The Labute approximate surface area is 93.5 Å². The second-order valence-electron chi connectivity index (χ2n) is 3.15. The largest absolute Gasteiger partial charge is 0.462 e. The summed E-state index contributed by atoms with van der Waals surface area (Å²) in [6, 6.07) is 4.88. The number of esters is 1. The molecule has 1 aromatic carbocycles. The molecule has 0 heterocycles. The monoisotopic (exact) mass is 217 g/mol. The van der Waals surface area contributed by atoms with Gasteiger partial charge in [0.25, 0.3) is 0 Å². The molecule has 0 spiro atoms. The van der Waals surface area contributed by atoms with Gasteiger partial charge in [0, 0.05) is 5.56 Å². The third-order valence-corrected chi connectivity index (χ3v) is 2.23. The SMILES string of the molecule is CCOC(=O)c1c(C#N)ccc(C=O)c1C. The summed E-state index contributed by atoms with van der Waals surface area (Å²) in [5.74, 6) is -0.569. The molecule has 0 aromatic heterocycles. The van der Waals surface area contributed by atoms with Crippen molar-refractivity contribution >= 4 is 12.3 Å². The fraction of sp³-hybridized carbons (Fsp3) is 0.250. The van der Waals surface area contributed by atoms with Crippen LogP contribution in [0.4, 0.5) is 0 Å². The van der Waals surface area contributed by atoms with Crippen molar-refractivity contribution in [1.82, 2.24) is 0 Å². The number of rotatable bonds is 3.